The van der Waals surface area contributed by atoms with Crippen molar-refractivity contribution in [2.24, 2.45) is 11.3 Å². The maximum Gasteiger partial charge on any atom is 0.140 e. The average molecular weight is 195 g/mol. The first-order valence-electron chi connectivity index (χ1n) is 6.01. The van der Waals surface area contributed by atoms with E-state index in [-0.39, 0.29) is 5.41 Å². The van der Waals surface area contributed by atoms with E-state index < -0.39 is 0 Å². The maximum atomic E-state index is 12.2. The summed E-state index contributed by atoms with van der Waals surface area (Å²) in [5.74, 6) is 1.28. The number of ketones is 1. The van der Waals surface area contributed by atoms with Crippen LogP contribution in [-0.2, 0) is 4.79 Å². The van der Waals surface area contributed by atoms with Crippen LogP contribution in [0.5, 0.6) is 0 Å². The lowest BCUT2D eigenvalue weighted by atomic mass is 9.73. The number of hydrogen-bond acceptors (Lipinski definition) is 2. The predicted octanol–water partition coefficient (Wildman–Crippen LogP) is 2.14. The highest BCUT2D eigenvalue weighted by atomic mass is 16.1. The van der Waals surface area contributed by atoms with Gasteiger partial charge in [0.2, 0.25) is 0 Å². The monoisotopic (exact) mass is 195 g/mol. The van der Waals surface area contributed by atoms with Gasteiger partial charge in [-0.3, -0.25) is 4.79 Å². The van der Waals surface area contributed by atoms with Gasteiger partial charge < -0.3 is 5.32 Å². The van der Waals surface area contributed by atoms with E-state index in [1.54, 1.807) is 0 Å². The topological polar surface area (TPSA) is 29.1 Å². The highest BCUT2D eigenvalue weighted by Crippen LogP contribution is 2.39. The second kappa shape index (κ2) is 4.01. The summed E-state index contributed by atoms with van der Waals surface area (Å²) in [7, 11) is 0. The third-order valence-corrected chi connectivity index (χ3v) is 3.91. The molecular formula is C12H21NO. The fourth-order valence-electron chi connectivity index (χ4n) is 2.51. The van der Waals surface area contributed by atoms with Crippen molar-refractivity contribution >= 4 is 5.78 Å². The van der Waals surface area contributed by atoms with Crippen molar-refractivity contribution in [2.45, 2.75) is 45.4 Å². The van der Waals surface area contributed by atoms with Crippen LogP contribution >= 0.6 is 0 Å². The molecule has 0 spiro atoms. The van der Waals surface area contributed by atoms with Crippen LogP contribution in [0, 0.1) is 11.3 Å². The van der Waals surface area contributed by atoms with Crippen molar-refractivity contribution in [3.63, 3.8) is 0 Å². The first kappa shape index (κ1) is 10.2. The molecule has 1 saturated heterocycles. The zero-order valence-electron chi connectivity index (χ0n) is 9.14. The first-order chi connectivity index (χ1) is 6.77. The van der Waals surface area contributed by atoms with Crippen molar-refractivity contribution in [3.05, 3.63) is 0 Å². The van der Waals surface area contributed by atoms with Crippen LogP contribution in [0.15, 0.2) is 0 Å². The van der Waals surface area contributed by atoms with Crippen LogP contribution in [0.3, 0.4) is 0 Å². The molecule has 0 amide bonds. The van der Waals surface area contributed by atoms with Crippen molar-refractivity contribution in [1.29, 1.82) is 0 Å². The Morgan fingerprint density at radius 2 is 2.29 bits per heavy atom. The Bertz CT molecular complexity index is 214. The van der Waals surface area contributed by atoms with E-state index in [1.165, 1.54) is 19.3 Å². The summed E-state index contributed by atoms with van der Waals surface area (Å²) < 4.78 is 0. The number of Topliss-reactive ketones (excluding diaryl/α,β-unsaturated/α-hetero) is 1. The zero-order chi connectivity index (χ0) is 10.0. The Morgan fingerprint density at radius 1 is 1.50 bits per heavy atom. The van der Waals surface area contributed by atoms with Gasteiger partial charge in [-0.2, -0.15) is 0 Å². The third-order valence-electron chi connectivity index (χ3n) is 3.91. The molecule has 1 heterocycles. The lowest BCUT2D eigenvalue weighted by Crippen LogP contribution is -2.45. The molecule has 0 aromatic carbocycles. The van der Waals surface area contributed by atoms with Gasteiger partial charge in [0.25, 0.3) is 0 Å². The molecule has 1 unspecified atom stereocenters. The lowest BCUT2D eigenvalue weighted by Gasteiger charge is -2.35. The molecule has 2 rings (SSSR count). The van der Waals surface area contributed by atoms with Crippen LogP contribution in [0.1, 0.15) is 45.4 Å². The molecule has 0 bridgehead atoms. The first-order valence-corrected chi connectivity index (χ1v) is 6.01. The van der Waals surface area contributed by atoms with Crippen molar-refractivity contribution in [3.8, 4) is 0 Å². The fourth-order valence-corrected chi connectivity index (χ4v) is 2.51. The minimum Gasteiger partial charge on any atom is -0.316 e. The molecule has 1 N–H and O–H groups in total. The van der Waals surface area contributed by atoms with Crippen molar-refractivity contribution in [2.75, 3.05) is 13.1 Å². The van der Waals surface area contributed by atoms with Gasteiger partial charge in [-0.15, -0.1) is 0 Å². The molecule has 1 aliphatic carbocycles. The van der Waals surface area contributed by atoms with Gasteiger partial charge in [0.1, 0.15) is 5.78 Å². The zero-order valence-corrected chi connectivity index (χ0v) is 9.14. The summed E-state index contributed by atoms with van der Waals surface area (Å²) in [5.41, 5.74) is 0.000833. The second-order valence-electron chi connectivity index (χ2n) is 4.98. The van der Waals surface area contributed by atoms with Crippen LogP contribution in [0.2, 0.25) is 0 Å². The summed E-state index contributed by atoms with van der Waals surface area (Å²) in [5, 5.41) is 3.38. The molecule has 2 heteroatoms. The van der Waals surface area contributed by atoms with Crippen LogP contribution in [0.4, 0.5) is 0 Å². The molecule has 0 radical (unpaired) electrons. The SMILES string of the molecule is CCC1(C(=O)CC2CC2)CCCNC1. The minimum absolute atomic E-state index is 0.000833. The van der Waals surface area contributed by atoms with E-state index in [2.05, 4.69) is 12.2 Å². The summed E-state index contributed by atoms with van der Waals surface area (Å²) in [6, 6.07) is 0. The minimum atomic E-state index is 0.000833. The predicted molar refractivity (Wildman–Crippen MR) is 57.2 cm³/mol. The van der Waals surface area contributed by atoms with E-state index in [0.717, 1.165) is 38.3 Å². The number of carbonyl (C=O) groups excluding carboxylic acids is 1. The van der Waals surface area contributed by atoms with Crippen molar-refractivity contribution in [1.82, 2.24) is 5.32 Å². The highest BCUT2D eigenvalue weighted by molar-refractivity contribution is 5.85. The third kappa shape index (κ3) is 2.00. The number of nitrogens with one attached hydrogen (secondary N) is 1. The highest BCUT2D eigenvalue weighted by Gasteiger charge is 2.39. The second-order valence-corrected chi connectivity index (χ2v) is 4.98. The maximum absolute atomic E-state index is 12.2. The van der Waals surface area contributed by atoms with Gasteiger partial charge >= 0.3 is 0 Å². The Balaban J connectivity index is 1.97. The Kier molecular flexibility index (Phi) is 2.91. The fraction of sp³-hybridized carbons (Fsp3) is 0.917. The van der Waals surface area contributed by atoms with Gasteiger partial charge in [0.05, 0.1) is 0 Å². The van der Waals surface area contributed by atoms with Gasteiger partial charge in [0, 0.05) is 18.4 Å². The number of carbonyl (C=O) groups is 1. The standard InChI is InChI=1S/C12H21NO/c1-2-12(6-3-7-13-9-12)11(14)8-10-4-5-10/h10,13H,2-9H2,1H3. The molecular weight excluding hydrogens is 174 g/mol. The van der Waals surface area contributed by atoms with Gasteiger partial charge in [0.15, 0.2) is 0 Å². The largest absolute Gasteiger partial charge is 0.316 e. The van der Waals surface area contributed by atoms with Gasteiger partial charge in [-0.25, -0.2) is 0 Å². The lowest BCUT2D eigenvalue weighted by molar-refractivity contribution is -0.130. The molecule has 2 nitrogen and oxygen atoms in total. The molecule has 1 atom stereocenters. The molecule has 2 aliphatic rings. The summed E-state index contributed by atoms with van der Waals surface area (Å²) >= 11 is 0. The Hall–Kier alpha value is -0.370. The number of rotatable bonds is 4. The average Bonchev–Trinajstić information content (AvgIpc) is 3.02. The summed E-state index contributed by atoms with van der Waals surface area (Å²) in [6.07, 6.45) is 6.74. The number of hydrogen-bond donors (Lipinski definition) is 1. The molecule has 0 aromatic rings. The van der Waals surface area contributed by atoms with E-state index in [0.29, 0.717) is 5.78 Å². The van der Waals surface area contributed by atoms with Crippen LogP contribution < -0.4 is 5.32 Å². The molecule has 1 saturated carbocycles. The summed E-state index contributed by atoms with van der Waals surface area (Å²) in [4.78, 5) is 12.2. The summed E-state index contributed by atoms with van der Waals surface area (Å²) in [6.45, 7) is 4.19. The molecule has 14 heavy (non-hydrogen) atoms. The van der Waals surface area contributed by atoms with Crippen molar-refractivity contribution < 1.29 is 4.79 Å². The van der Waals surface area contributed by atoms with Gasteiger partial charge in [-0.1, -0.05) is 6.92 Å². The normalized spacial score (nSPS) is 32.9. The van der Waals surface area contributed by atoms with Crippen LogP contribution in [0.25, 0.3) is 0 Å². The van der Waals surface area contributed by atoms with E-state index in [9.17, 15) is 4.79 Å². The van der Waals surface area contributed by atoms with Crippen LogP contribution in [-0.4, -0.2) is 18.9 Å². The molecule has 2 fully saturated rings. The Labute approximate surface area is 86.5 Å². The van der Waals surface area contributed by atoms with E-state index >= 15 is 0 Å². The molecule has 1 aliphatic heterocycles. The molecule has 0 aromatic heterocycles. The number of piperidine rings is 1. The Morgan fingerprint density at radius 3 is 2.79 bits per heavy atom. The molecule has 80 valence electrons. The van der Waals surface area contributed by atoms with Gasteiger partial charge in [-0.05, 0) is 44.6 Å². The quantitative estimate of drug-likeness (QED) is 0.744. The van der Waals surface area contributed by atoms with E-state index in [4.69, 9.17) is 0 Å². The smallest absolute Gasteiger partial charge is 0.140 e. The van der Waals surface area contributed by atoms with E-state index in [1.807, 2.05) is 0 Å².